The van der Waals surface area contributed by atoms with E-state index in [9.17, 15) is 9.59 Å². The molecule has 1 amide bonds. The van der Waals surface area contributed by atoms with E-state index < -0.39 is 5.97 Å². The minimum absolute atomic E-state index is 0.0794. The fourth-order valence-electron chi connectivity index (χ4n) is 2.95. The van der Waals surface area contributed by atoms with Crippen LogP contribution in [0.4, 0.5) is 0 Å². The van der Waals surface area contributed by atoms with Crippen LogP contribution < -0.4 is 0 Å². The molecule has 2 heterocycles. The number of fused-ring (bicyclic) bond motifs is 1. The van der Waals surface area contributed by atoms with Gasteiger partial charge in [0.2, 0.25) is 0 Å². The monoisotopic (exact) mass is 345 g/mol. The lowest BCUT2D eigenvalue weighted by Gasteiger charge is -2.21. The molecule has 7 heteroatoms. The lowest BCUT2D eigenvalue weighted by molar-refractivity contribution is -0.137. The summed E-state index contributed by atoms with van der Waals surface area (Å²) in [4.78, 5) is 30.1. The molecule has 0 unspecified atom stereocenters. The van der Waals surface area contributed by atoms with E-state index in [1.54, 1.807) is 4.90 Å². The molecule has 25 heavy (non-hydrogen) atoms. The number of hydrogen-bond donors (Lipinski definition) is 1. The van der Waals surface area contributed by atoms with Gasteiger partial charge in [0, 0.05) is 24.7 Å². The van der Waals surface area contributed by atoms with E-state index in [2.05, 4.69) is 10.1 Å². The number of nitrogens with zero attached hydrogens (tertiary/aromatic N) is 3. The van der Waals surface area contributed by atoms with Crippen molar-refractivity contribution < 1.29 is 19.2 Å². The Morgan fingerprint density at radius 1 is 1.40 bits per heavy atom. The number of carbonyl (C=O) groups excluding carboxylic acids is 1. The Balaban J connectivity index is 2.06. The Bertz CT molecular complexity index is 808. The molecule has 7 nitrogen and oxygen atoms in total. The third-order valence-corrected chi connectivity index (χ3v) is 4.53. The second kappa shape index (κ2) is 6.82. The van der Waals surface area contributed by atoms with Gasteiger partial charge in [0.05, 0.1) is 23.1 Å². The van der Waals surface area contributed by atoms with Crippen LogP contribution >= 0.6 is 0 Å². The second-order valence-corrected chi connectivity index (χ2v) is 6.80. The summed E-state index contributed by atoms with van der Waals surface area (Å²) in [5.74, 6) is -0.645. The highest BCUT2D eigenvalue weighted by Gasteiger charge is 2.30. The van der Waals surface area contributed by atoms with Crippen LogP contribution in [-0.2, 0) is 4.79 Å². The highest BCUT2D eigenvalue weighted by Crippen LogP contribution is 2.41. The van der Waals surface area contributed by atoms with Crippen LogP contribution in [0.5, 0.6) is 0 Å². The number of pyridine rings is 1. The third-order valence-electron chi connectivity index (χ3n) is 4.53. The SMILES string of the molecule is CCN(CCC(=O)O)C(=O)c1cc(C2CC2)nc2onc(C(C)C)c12. The summed E-state index contributed by atoms with van der Waals surface area (Å²) in [6.45, 7) is 6.44. The predicted molar refractivity (Wildman–Crippen MR) is 91.7 cm³/mol. The van der Waals surface area contributed by atoms with E-state index in [1.165, 1.54) is 0 Å². The van der Waals surface area contributed by atoms with Gasteiger partial charge >= 0.3 is 5.97 Å². The van der Waals surface area contributed by atoms with Crippen molar-refractivity contribution in [2.24, 2.45) is 0 Å². The van der Waals surface area contributed by atoms with Crippen molar-refractivity contribution in [1.29, 1.82) is 0 Å². The van der Waals surface area contributed by atoms with Crippen LogP contribution in [0.1, 0.15) is 73.6 Å². The maximum absolute atomic E-state index is 13.1. The van der Waals surface area contributed by atoms with Gasteiger partial charge in [-0.25, -0.2) is 4.98 Å². The third kappa shape index (κ3) is 3.50. The van der Waals surface area contributed by atoms with Crippen LogP contribution in [0.3, 0.4) is 0 Å². The Morgan fingerprint density at radius 3 is 2.68 bits per heavy atom. The number of carbonyl (C=O) groups is 2. The van der Waals surface area contributed by atoms with Crippen molar-refractivity contribution in [3.8, 4) is 0 Å². The van der Waals surface area contributed by atoms with Crippen LogP contribution in [-0.4, -0.2) is 45.1 Å². The molecule has 2 aromatic rings. The Labute approximate surface area is 146 Å². The number of carboxylic acids is 1. The van der Waals surface area contributed by atoms with Gasteiger partial charge in [-0.3, -0.25) is 9.59 Å². The number of aliphatic carboxylic acids is 1. The van der Waals surface area contributed by atoms with Crippen molar-refractivity contribution in [2.45, 2.75) is 51.9 Å². The van der Waals surface area contributed by atoms with Crippen molar-refractivity contribution in [1.82, 2.24) is 15.0 Å². The molecule has 0 saturated heterocycles. The van der Waals surface area contributed by atoms with E-state index in [0.717, 1.165) is 18.5 Å². The standard InChI is InChI=1S/C18H23N3O4/c1-4-21(8-7-14(22)23)18(24)12-9-13(11-5-6-11)19-17-15(12)16(10(2)3)20-25-17/h9-11H,4-8H2,1-3H3,(H,22,23). The summed E-state index contributed by atoms with van der Waals surface area (Å²) in [6, 6.07) is 1.84. The molecule has 0 spiro atoms. The molecule has 0 radical (unpaired) electrons. The average molecular weight is 345 g/mol. The van der Waals surface area contributed by atoms with Gasteiger partial charge in [-0.1, -0.05) is 19.0 Å². The molecule has 0 bridgehead atoms. The highest BCUT2D eigenvalue weighted by atomic mass is 16.5. The maximum Gasteiger partial charge on any atom is 0.305 e. The lowest BCUT2D eigenvalue weighted by atomic mass is 10.0. The summed E-state index contributed by atoms with van der Waals surface area (Å²) >= 11 is 0. The van der Waals surface area contributed by atoms with Gasteiger partial charge in [0.1, 0.15) is 0 Å². The maximum atomic E-state index is 13.1. The fourth-order valence-corrected chi connectivity index (χ4v) is 2.95. The first-order valence-electron chi connectivity index (χ1n) is 8.73. The number of rotatable bonds is 7. The topological polar surface area (TPSA) is 96.5 Å². The minimum atomic E-state index is -0.919. The van der Waals surface area contributed by atoms with E-state index in [0.29, 0.717) is 34.8 Å². The van der Waals surface area contributed by atoms with Crippen LogP contribution in [0.15, 0.2) is 10.6 Å². The normalized spacial score (nSPS) is 14.2. The predicted octanol–water partition coefficient (Wildman–Crippen LogP) is 3.16. The molecule has 1 saturated carbocycles. The molecule has 0 aromatic carbocycles. The summed E-state index contributed by atoms with van der Waals surface area (Å²) < 4.78 is 5.41. The Hall–Kier alpha value is -2.44. The Kier molecular flexibility index (Phi) is 4.74. The molecule has 0 aliphatic heterocycles. The molecule has 1 fully saturated rings. The number of amides is 1. The van der Waals surface area contributed by atoms with Crippen molar-refractivity contribution in [3.05, 3.63) is 23.0 Å². The van der Waals surface area contributed by atoms with Crippen LogP contribution in [0, 0.1) is 0 Å². The molecule has 2 aromatic heterocycles. The molecular weight excluding hydrogens is 322 g/mol. The molecule has 0 atom stereocenters. The van der Waals surface area contributed by atoms with E-state index in [4.69, 9.17) is 9.63 Å². The van der Waals surface area contributed by atoms with Gasteiger partial charge < -0.3 is 14.5 Å². The van der Waals surface area contributed by atoms with Gasteiger partial charge in [-0.15, -0.1) is 0 Å². The van der Waals surface area contributed by atoms with Crippen LogP contribution in [0.25, 0.3) is 11.1 Å². The zero-order valence-corrected chi connectivity index (χ0v) is 14.8. The molecule has 3 rings (SSSR count). The summed E-state index contributed by atoms with van der Waals surface area (Å²) in [6.07, 6.45) is 2.05. The molecule has 134 valence electrons. The number of hydrogen-bond acceptors (Lipinski definition) is 5. The summed E-state index contributed by atoms with van der Waals surface area (Å²) in [5, 5.41) is 13.7. The summed E-state index contributed by atoms with van der Waals surface area (Å²) in [7, 11) is 0. The first-order chi connectivity index (χ1) is 11.9. The van der Waals surface area contributed by atoms with E-state index in [-0.39, 0.29) is 24.8 Å². The van der Waals surface area contributed by atoms with Crippen molar-refractivity contribution in [2.75, 3.05) is 13.1 Å². The van der Waals surface area contributed by atoms with E-state index in [1.807, 2.05) is 26.8 Å². The van der Waals surface area contributed by atoms with Gasteiger partial charge in [-0.05, 0) is 31.7 Å². The quantitative estimate of drug-likeness (QED) is 0.828. The highest BCUT2D eigenvalue weighted by molar-refractivity contribution is 6.06. The van der Waals surface area contributed by atoms with E-state index >= 15 is 0 Å². The van der Waals surface area contributed by atoms with Gasteiger partial charge in [0.15, 0.2) is 0 Å². The zero-order chi connectivity index (χ0) is 18.1. The number of carboxylic acid groups (broad SMARTS) is 1. The first-order valence-corrected chi connectivity index (χ1v) is 8.73. The minimum Gasteiger partial charge on any atom is -0.481 e. The van der Waals surface area contributed by atoms with Crippen molar-refractivity contribution >= 4 is 23.0 Å². The number of aromatic nitrogens is 2. The second-order valence-electron chi connectivity index (χ2n) is 6.80. The summed E-state index contributed by atoms with van der Waals surface area (Å²) in [5.41, 5.74) is 2.48. The fraction of sp³-hybridized carbons (Fsp3) is 0.556. The molecule has 1 aliphatic carbocycles. The van der Waals surface area contributed by atoms with Gasteiger partial charge in [0.25, 0.3) is 11.6 Å². The van der Waals surface area contributed by atoms with Crippen molar-refractivity contribution in [3.63, 3.8) is 0 Å². The lowest BCUT2D eigenvalue weighted by Crippen LogP contribution is -2.33. The van der Waals surface area contributed by atoms with Gasteiger partial charge in [-0.2, -0.15) is 0 Å². The molecule has 1 aliphatic rings. The Morgan fingerprint density at radius 2 is 2.12 bits per heavy atom. The largest absolute Gasteiger partial charge is 0.481 e. The first kappa shape index (κ1) is 17.4. The molecule has 1 N–H and O–H groups in total. The average Bonchev–Trinajstić information content (AvgIpc) is 3.33. The van der Waals surface area contributed by atoms with Crippen LogP contribution in [0.2, 0.25) is 0 Å². The zero-order valence-electron chi connectivity index (χ0n) is 14.8. The molecular formula is C18H23N3O4. The smallest absolute Gasteiger partial charge is 0.305 e.